The van der Waals surface area contributed by atoms with Crippen molar-refractivity contribution < 1.29 is 28.5 Å². The van der Waals surface area contributed by atoms with Crippen LogP contribution < -0.4 is 19.5 Å². The molecule has 0 heterocycles. The molecule has 0 saturated carbocycles. The molecule has 0 saturated heterocycles. The molecule has 1 amide bonds. The van der Waals surface area contributed by atoms with Gasteiger partial charge in [0.25, 0.3) is 5.91 Å². The molecular formula is C20H19Cl2NO6. The number of carbonyl (C=O) groups is 2. The molecule has 0 aliphatic rings. The molecule has 0 aliphatic carbocycles. The summed E-state index contributed by atoms with van der Waals surface area (Å²) in [6.07, 6.45) is 2.64. The van der Waals surface area contributed by atoms with Crippen LogP contribution in [0.1, 0.15) is 5.56 Å². The number of nitrogens with one attached hydrogen (secondary N) is 1. The maximum absolute atomic E-state index is 12.0. The van der Waals surface area contributed by atoms with Gasteiger partial charge in [0, 0.05) is 17.7 Å². The highest BCUT2D eigenvalue weighted by Crippen LogP contribution is 2.35. The number of para-hydroxylation sites is 1. The van der Waals surface area contributed by atoms with Crippen molar-refractivity contribution in [3.63, 3.8) is 0 Å². The summed E-state index contributed by atoms with van der Waals surface area (Å²) in [4.78, 5) is 23.9. The normalized spacial score (nSPS) is 10.5. The number of esters is 1. The number of carbonyl (C=O) groups excluding carboxylic acids is 2. The van der Waals surface area contributed by atoms with E-state index in [4.69, 9.17) is 42.1 Å². The van der Waals surface area contributed by atoms with E-state index >= 15 is 0 Å². The van der Waals surface area contributed by atoms with Gasteiger partial charge in [-0.05, 0) is 24.3 Å². The van der Waals surface area contributed by atoms with Gasteiger partial charge < -0.3 is 24.3 Å². The lowest BCUT2D eigenvalue weighted by Crippen LogP contribution is -2.20. The summed E-state index contributed by atoms with van der Waals surface area (Å²) in [5.41, 5.74) is 0.817. The Labute approximate surface area is 178 Å². The summed E-state index contributed by atoms with van der Waals surface area (Å²) in [5.74, 6) is 0.127. The van der Waals surface area contributed by atoms with Crippen molar-refractivity contribution in [2.24, 2.45) is 0 Å². The molecule has 0 atom stereocenters. The highest BCUT2D eigenvalue weighted by molar-refractivity contribution is 6.39. The molecule has 2 rings (SSSR count). The van der Waals surface area contributed by atoms with Gasteiger partial charge in [0.15, 0.2) is 18.1 Å². The predicted octanol–water partition coefficient (Wildman–Crippen LogP) is 4.21. The van der Waals surface area contributed by atoms with Gasteiger partial charge in [-0.1, -0.05) is 29.3 Å². The Bertz CT molecular complexity index is 909. The minimum Gasteiger partial charge on any atom is -0.496 e. The molecule has 2 aromatic carbocycles. The van der Waals surface area contributed by atoms with Crippen LogP contribution in [0.25, 0.3) is 6.08 Å². The lowest BCUT2D eigenvalue weighted by molar-refractivity contribution is -0.142. The first-order chi connectivity index (χ1) is 13.9. The van der Waals surface area contributed by atoms with Crippen molar-refractivity contribution >= 4 is 46.8 Å². The second-order valence-corrected chi connectivity index (χ2v) is 6.35. The van der Waals surface area contributed by atoms with E-state index in [0.29, 0.717) is 22.8 Å². The molecule has 7 nitrogen and oxygen atoms in total. The van der Waals surface area contributed by atoms with Gasteiger partial charge in [0.05, 0.1) is 37.1 Å². The largest absolute Gasteiger partial charge is 0.496 e. The number of benzene rings is 2. The van der Waals surface area contributed by atoms with E-state index in [-0.39, 0.29) is 15.7 Å². The average molecular weight is 440 g/mol. The Morgan fingerprint density at radius 2 is 1.55 bits per heavy atom. The third kappa shape index (κ3) is 6.04. The molecule has 154 valence electrons. The van der Waals surface area contributed by atoms with Gasteiger partial charge in [-0.25, -0.2) is 4.79 Å². The second kappa shape index (κ2) is 10.6. The summed E-state index contributed by atoms with van der Waals surface area (Å²) in [6.45, 7) is -0.506. The lowest BCUT2D eigenvalue weighted by Gasteiger charge is -2.12. The van der Waals surface area contributed by atoms with Crippen LogP contribution in [-0.4, -0.2) is 39.8 Å². The fourth-order valence-corrected chi connectivity index (χ4v) is 2.81. The van der Waals surface area contributed by atoms with Crippen LogP contribution in [0.4, 0.5) is 5.69 Å². The number of amides is 1. The summed E-state index contributed by atoms with van der Waals surface area (Å²) in [5, 5.41) is 3.05. The van der Waals surface area contributed by atoms with Crippen LogP contribution in [0, 0.1) is 0 Å². The first-order valence-corrected chi connectivity index (χ1v) is 9.04. The molecule has 0 bridgehead atoms. The van der Waals surface area contributed by atoms with Gasteiger partial charge in [-0.3, -0.25) is 4.79 Å². The quantitative estimate of drug-likeness (QED) is 0.489. The van der Waals surface area contributed by atoms with Crippen LogP contribution in [0.15, 0.2) is 36.4 Å². The zero-order valence-electron chi connectivity index (χ0n) is 16.0. The van der Waals surface area contributed by atoms with Crippen molar-refractivity contribution in [3.05, 3.63) is 52.0 Å². The van der Waals surface area contributed by atoms with Crippen LogP contribution in [0.2, 0.25) is 10.0 Å². The minimum absolute atomic E-state index is 0.252. The zero-order chi connectivity index (χ0) is 21.4. The predicted molar refractivity (Wildman–Crippen MR) is 111 cm³/mol. The summed E-state index contributed by atoms with van der Waals surface area (Å²) < 4.78 is 20.6. The Kier molecular flexibility index (Phi) is 8.18. The Morgan fingerprint density at radius 1 is 0.966 bits per heavy atom. The highest BCUT2D eigenvalue weighted by Gasteiger charge is 2.12. The number of anilines is 1. The molecular weight excluding hydrogens is 421 g/mol. The van der Waals surface area contributed by atoms with Crippen molar-refractivity contribution in [1.82, 2.24) is 0 Å². The lowest BCUT2D eigenvalue weighted by atomic mass is 10.1. The van der Waals surface area contributed by atoms with Gasteiger partial charge >= 0.3 is 5.97 Å². The van der Waals surface area contributed by atoms with Crippen molar-refractivity contribution in [2.45, 2.75) is 0 Å². The van der Waals surface area contributed by atoms with E-state index in [0.717, 1.165) is 0 Å². The third-order valence-corrected chi connectivity index (χ3v) is 4.34. The first kappa shape index (κ1) is 22.4. The average Bonchev–Trinajstić information content (AvgIpc) is 2.72. The monoisotopic (exact) mass is 439 g/mol. The van der Waals surface area contributed by atoms with Crippen LogP contribution in [-0.2, 0) is 14.3 Å². The molecule has 2 aromatic rings. The van der Waals surface area contributed by atoms with E-state index < -0.39 is 18.5 Å². The van der Waals surface area contributed by atoms with E-state index in [9.17, 15) is 9.59 Å². The van der Waals surface area contributed by atoms with Crippen LogP contribution in [0.5, 0.6) is 17.2 Å². The third-order valence-electron chi connectivity index (χ3n) is 3.71. The fourth-order valence-electron chi connectivity index (χ4n) is 2.32. The molecule has 0 unspecified atom stereocenters. The highest BCUT2D eigenvalue weighted by atomic mass is 35.5. The molecule has 9 heteroatoms. The number of hydrogen-bond donors (Lipinski definition) is 1. The standard InChI is InChI=1S/C20H19Cl2NO6/c1-26-15-10-17(28-3)16(27-2)9-12(15)7-8-19(25)29-11-18(24)23-20-13(21)5-4-6-14(20)22/h4-10H,11H2,1-3H3,(H,23,24)/b8-7+. The topological polar surface area (TPSA) is 83.1 Å². The molecule has 1 N–H and O–H groups in total. The zero-order valence-corrected chi connectivity index (χ0v) is 17.5. The maximum Gasteiger partial charge on any atom is 0.331 e. The van der Waals surface area contributed by atoms with E-state index in [1.165, 1.54) is 33.5 Å². The van der Waals surface area contributed by atoms with E-state index in [2.05, 4.69) is 5.32 Å². The SMILES string of the molecule is COc1cc(OC)c(OC)cc1/C=C/C(=O)OCC(=O)Nc1c(Cl)cccc1Cl. The van der Waals surface area contributed by atoms with Gasteiger partial charge in [-0.2, -0.15) is 0 Å². The smallest absolute Gasteiger partial charge is 0.331 e. The molecule has 0 aromatic heterocycles. The number of methoxy groups -OCH3 is 3. The van der Waals surface area contributed by atoms with E-state index in [1.807, 2.05) is 0 Å². The van der Waals surface area contributed by atoms with Crippen molar-refractivity contribution in [3.8, 4) is 17.2 Å². The number of halogens is 2. The molecule has 0 spiro atoms. The molecule has 0 fully saturated rings. The van der Waals surface area contributed by atoms with Crippen molar-refractivity contribution in [2.75, 3.05) is 33.3 Å². The van der Waals surface area contributed by atoms with Gasteiger partial charge in [-0.15, -0.1) is 0 Å². The van der Waals surface area contributed by atoms with Gasteiger partial charge in [0.2, 0.25) is 0 Å². The summed E-state index contributed by atoms with van der Waals surface area (Å²) >= 11 is 12.0. The molecule has 0 radical (unpaired) electrons. The van der Waals surface area contributed by atoms with Crippen LogP contribution >= 0.6 is 23.2 Å². The Hall–Kier alpha value is -2.90. The molecule has 0 aliphatic heterocycles. The summed E-state index contributed by atoms with van der Waals surface area (Å²) in [7, 11) is 4.49. The van der Waals surface area contributed by atoms with Crippen molar-refractivity contribution in [1.29, 1.82) is 0 Å². The maximum atomic E-state index is 12.0. The Morgan fingerprint density at radius 3 is 2.14 bits per heavy atom. The first-order valence-electron chi connectivity index (χ1n) is 8.28. The number of rotatable bonds is 8. The fraction of sp³-hybridized carbons (Fsp3) is 0.200. The second-order valence-electron chi connectivity index (χ2n) is 5.54. The van der Waals surface area contributed by atoms with Gasteiger partial charge in [0.1, 0.15) is 5.75 Å². The molecule has 29 heavy (non-hydrogen) atoms. The number of hydrogen-bond acceptors (Lipinski definition) is 6. The Balaban J connectivity index is 2.00. The summed E-state index contributed by atoms with van der Waals surface area (Å²) in [6, 6.07) is 8.08. The van der Waals surface area contributed by atoms with E-state index in [1.54, 1.807) is 30.3 Å². The van der Waals surface area contributed by atoms with Crippen LogP contribution in [0.3, 0.4) is 0 Å². The number of ether oxygens (including phenoxy) is 4. The minimum atomic E-state index is -0.720.